The Balaban J connectivity index is 1.83. The van der Waals surface area contributed by atoms with E-state index in [-0.39, 0.29) is 11.4 Å². The smallest absolute Gasteiger partial charge is 0.292 e. The first-order chi connectivity index (χ1) is 14.6. The lowest BCUT2D eigenvalue weighted by molar-refractivity contribution is -0.383. The number of carbonyl (C=O) groups is 1. The molecule has 3 aromatic carbocycles. The van der Waals surface area contributed by atoms with Gasteiger partial charge in [-0.25, -0.2) is 4.68 Å². The van der Waals surface area contributed by atoms with Gasteiger partial charge in [0.1, 0.15) is 11.4 Å². The number of hydrogen-bond acceptors (Lipinski definition) is 4. The van der Waals surface area contributed by atoms with Gasteiger partial charge in [0.2, 0.25) is 0 Å². The van der Waals surface area contributed by atoms with E-state index in [0.717, 1.165) is 11.3 Å². The van der Waals surface area contributed by atoms with E-state index in [4.69, 9.17) is 5.10 Å². The lowest BCUT2D eigenvalue weighted by Crippen LogP contribution is -2.15. The van der Waals surface area contributed by atoms with Crippen LogP contribution < -0.4 is 5.32 Å². The number of nitro benzene ring substituents is 1. The number of hydrogen-bond donors (Lipinski definition) is 1. The van der Waals surface area contributed by atoms with Crippen LogP contribution in [-0.4, -0.2) is 20.6 Å². The van der Waals surface area contributed by atoms with Crippen LogP contribution in [0.1, 0.15) is 16.1 Å². The normalized spacial score (nSPS) is 10.6. The van der Waals surface area contributed by atoms with Gasteiger partial charge in [0.05, 0.1) is 21.9 Å². The Morgan fingerprint density at radius 2 is 1.53 bits per heavy atom. The second kappa shape index (κ2) is 8.00. The topological polar surface area (TPSA) is 90.1 Å². The summed E-state index contributed by atoms with van der Waals surface area (Å²) in [6.07, 6.45) is 0. The maximum absolute atomic E-state index is 13.3. The zero-order chi connectivity index (χ0) is 21.1. The Kier molecular flexibility index (Phi) is 5.09. The van der Waals surface area contributed by atoms with Gasteiger partial charge in [-0.05, 0) is 25.1 Å². The minimum absolute atomic E-state index is 0.137. The average molecular weight is 398 g/mol. The summed E-state index contributed by atoms with van der Waals surface area (Å²) in [6.45, 7) is 1.81. The molecule has 0 unspecified atom stereocenters. The molecule has 1 amide bonds. The van der Waals surface area contributed by atoms with Crippen LogP contribution in [0.25, 0.3) is 16.9 Å². The SMILES string of the molecule is Cc1c(C(=O)Nc2ccccc2[N+](=O)[O-])c(-c2ccccc2)nn1-c1ccccc1. The Hall–Kier alpha value is -4.26. The molecule has 0 aliphatic carbocycles. The fourth-order valence-corrected chi connectivity index (χ4v) is 3.32. The molecule has 0 spiro atoms. The van der Waals surface area contributed by atoms with Crippen LogP contribution in [0.15, 0.2) is 84.9 Å². The zero-order valence-corrected chi connectivity index (χ0v) is 16.1. The Morgan fingerprint density at radius 1 is 0.933 bits per heavy atom. The number of carbonyl (C=O) groups excluding carboxylic acids is 1. The van der Waals surface area contributed by atoms with Crippen molar-refractivity contribution in [2.45, 2.75) is 6.92 Å². The van der Waals surface area contributed by atoms with Crippen LogP contribution in [0.4, 0.5) is 11.4 Å². The Morgan fingerprint density at radius 3 is 2.20 bits per heavy atom. The van der Waals surface area contributed by atoms with E-state index in [1.54, 1.807) is 23.7 Å². The minimum atomic E-state index is -0.520. The maximum Gasteiger partial charge on any atom is 0.292 e. The zero-order valence-electron chi connectivity index (χ0n) is 16.1. The quantitative estimate of drug-likeness (QED) is 0.378. The molecule has 1 N–H and O–H groups in total. The second-order valence-corrected chi connectivity index (χ2v) is 6.65. The van der Waals surface area contributed by atoms with E-state index < -0.39 is 10.8 Å². The van der Waals surface area contributed by atoms with Crippen molar-refractivity contribution in [3.8, 4) is 16.9 Å². The van der Waals surface area contributed by atoms with Gasteiger partial charge in [-0.15, -0.1) is 0 Å². The maximum atomic E-state index is 13.3. The Bertz CT molecular complexity index is 1220. The summed E-state index contributed by atoms with van der Waals surface area (Å²) in [4.78, 5) is 24.1. The molecule has 4 rings (SSSR count). The van der Waals surface area contributed by atoms with Crippen molar-refractivity contribution in [1.82, 2.24) is 9.78 Å². The highest BCUT2D eigenvalue weighted by Crippen LogP contribution is 2.30. The number of para-hydroxylation sites is 3. The van der Waals surface area contributed by atoms with E-state index in [2.05, 4.69) is 5.32 Å². The van der Waals surface area contributed by atoms with Crippen molar-refractivity contribution >= 4 is 17.3 Å². The van der Waals surface area contributed by atoms with Crippen LogP contribution in [0.5, 0.6) is 0 Å². The second-order valence-electron chi connectivity index (χ2n) is 6.65. The van der Waals surface area contributed by atoms with Gasteiger partial charge in [-0.2, -0.15) is 5.10 Å². The predicted octanol–water partition coefficient (Wildman–Crippen LogP) is 5.01. The van der Waals surface area contributed by atoms with Crippen molar-refractivity contribution in [2.24, 2.45) is 0 Å². The molecule has 0 radical (unpaired) electrons. The molecule has 148 valence electrons. The van der Waals surface area contributed by atoms with Crippen LogP contribution in [0.3, 0.4) is 0 Å². The number of anilines is 1. The number of nitro groups is 1. The number of rotatable bonds is 5. The van der Waals surface area contributed by atoms with Gasteiger partial charge in [-0.1, -0.05) is 60.7 Å². The van der Waals surface area contributed by atoms with Gasteiger partial charge in [0.25, 0.3) is 11.6 Å². The predicted molar refractivity (Wildman–Crippen MR) is 115 cm³/mol. The summed E-state index contributed by atoms with van der Waals surface area (Å²) in [7, 11) is 0. The van der Waals surface area contributed by atoms with Crippen molar-refractivity contribution in [3.63, 3.8) is 0 Å². The molecule has 0 atom stereocenters. The van der Waals surface area contributed by atoms with Crippen LogP contribution in [-0.2, 0) is 0 Å². The van der Waals surface area contributed by atoms with E-state index in [1.165, 1.54) is 12.1 Å². The van der Waals surface area contributed by atoms with Gasteiger partial charge >= 0.3 is 0 Å². The molecule has 0 fully saturated rings. The third-order valence-electron chi connectivity index (χ3n) is 4.74. The van der Waals surface area contributed by atoms with Crippen molar-refractivity contribution in [3.05, 3.63) is 106 Å². The van der Waals surface area contributed by atoms with Crippen LogP contribution in [0, 0.1) is 17.0 Å². The molecule has 0 aliphatic heterocycles. The highest BCUT2D eigenvalue weighted by molar-refractivity contribution is 6.10. The van der Waals surface area contributed by atoms with Crippen LogP contribution in [0.2, 0.25) is 0 Å². The highest BCUT2D eigenvalue weighted by Gasteiger charge is 2.25. The number of amides is 1. The number of nitrogens with one attached hydrogen (secondary N) is 1. The fraction of sp³-hybridized carbons (Fsp3) is 0.0435. The number of aromatic nitrogens is 2. The van der Waals surface area contributed by atoms with E-state index in [1.807, 2.05) is 60.7 Å². The molecule has 0 saturated carbocycles. The molecule has 1 heterocycles. The monoisotopic (exact) mass is 398 g/mol. The molecule has 1 aromatic heterocycles. The molecule has 7 heteroatoms. The standard InChI is InChI=1S/C23H18N4O3/c1-16-21(23(28)24-19-14-8-9-15-20(19)27(29)30)22(17-10-4-2-5-11-17)25-26(16)18-12-6-3-7-13-18/h2-15H,1H3,(H,24,28). The van der Waals surface area contributed by atoms with Gasteiger partial charge < -0.3 is 5.32 Å². The molecule has 0 aliphatic rings. The Labute approximate surface area is 172 Å². The third kappa shape index (κ3) is 3.56. The van der Waals surface area contributed by atoms with Gasteiger partial charge in [-0.3, -0.25) is 14.9 Å². The molecular weight excluding hydrogens is 380 g/mol. The third-order valence-corrected chi connectivity index (χ3v) is 4.74. The largest absolute Gasteiger partial charge is 0.316 e. The van der Waals surface area contributed by atoms with Crippen LogP contribution >= 0.6 is 0 Å². The van der Waals surface area contributed by atoms with Crippen molar-refractivity contribution in [2.75, 3.05) is 5.32 Å². The minimum Gasteiger partial charge on any atom is -0.316 e. The first-order valence-electron chi connectivity index (χ1n) is 9.31. The van der Waals surface area contributed by atoms with Crippen molar-refractivity contribution in [1.29, 1.82) is 0 Å². The lowest BCUT2D eigenvalue weighted by atomic mass is 10.1. The molecule has 0 bridgehead atoms. The molecule has 0 saturated heterocycles. The number of benzene rings is 3. The molecule has 4 aromatic rings. The summed E-state index contributed by atoms with van der Waals surface area (Å²) in [5, 5.41) is 18.7. The first kappa shape index (κ1) is 19.1. The summed E-state index contributed by atoms with van der Waals surface area (Å²) >= 11 is 0. The fourth-order valence-electron chi connectivity index (χ4n) is 3.32. The van der Waals surface area contributed by atoms with Crippen molar-refractivity contribution < 1.29 is 9.72 Å². The van der Waals surface area contributed by atoms with E-state index >= 15 is 0 Å². The molecular formula is C23H18N4O3. The van der Waals surface area contributed by atoms with E-state index in [9.17, 15) is 14.9 Å². The first-order valence-corrected chi connectivity index (χ1v) is 9.31. The van der Waals surface area contributed by atoms with E-state index in [0.29, 0.717) is 17.0 Å². The summed E-state index contributed by atoms with van der Waals surface area (Å²) < 4.78 is 1.71. The summed E-state index contributed by atoms with van der Waals surface area (Å²) in [5.41, 5.74) is 3.07. The number of nitrogens with zero attached hydrogens (tertiary/aromatic N) is 3. The summed E-state index contributed by atoms with van der Waals surface area (Å²) in [5.74, 6) is -0.456. The molecule has 30 heavy (non-hydrogen) atoms. The highest BCUT2D eigenvalue weighted by atomic mass is 16.6. The lowest BCUT2D eigenvalue weighted by Gasteiger charge is -2.08. The van der Waals surface area contributed by atoms with Gasteiger partial charge in [0.15, 0.2) is 0 Å². The molecule has 7 nitrogen and oxygen atoms in total. The summed E-state index contributed by atoms with van der Waals surface area (Å²) in [6, 6.07) is 24.9. The van der Waals surface area contributed by atoms with Gasteiger partial charge in [0, 0.05) is 11.6 Å². The average Bonchev–Trinajstić information content (AvgIpc) is 3.12.